The maximum atomic E-state index is 13.5. The van der Waals surface area contributed by atoms with Crippen molar-refractivity contribution in [2.24, 2.45) is 0 Å². The maximum Gasteiger partial charge on any atom is 0.147 e. The van der Waals surface area contributed by atoms with E-state index >= 15 is 0 Å². The van der Waals surface area contributed by atoms with E-state index < -0.39 is 9.84 Å². The predicted octanol–water partition coefficient (Wildman–Crippen LogP) is 6.70. The number of benzene rings is 3. The number of anilines is 2. The number of fused-ring (bicyclic) bond motifs is 1. The summed E-state index contributed by atoms with van der Waals surface area (Å²) in [5.74, 6) is 2.08. The van der Waals surface area contributed by atoms with Crippen molar-refractivity contribution >= 4 is 43.8 Å². The van der Waals surface area contributed by atoms with Crippen molar-refractivity contribution in [1.29, 1.82) is 0 Å². The Morgan fingerprint density at radius 1 is 1.05 bits per heavy atom. The predicted molar refractivity (Wildman–Crippen MR) is 159 cm³/mol. The van der Waals surface area contributed by atoms with Gasteiger partial charge in [-0.25, -0.2) is 22.8 Å². The number of aromatic nitrogens is 2. The number of hydrogen-bond donors (Lipinski definition) is 2. The van der Waals surface area contributed by atoms with E-state index in [0.717, 1.165) is 16.5 Å². The molecule has 0 saturated carbocycles. The van der Waals surface area contributed by atoms with E-state index in [-0.39, 0.29) is 24.2 Å². The fourth-order valence-corrected chi connectivity index (χ4v) is 5.28. The monoisotopic (exact) mass is 594 g/mol. The molecule has 2 aromatic heterocycles. The van der Waals surface area contributed by atoms with Crippen molar-refractivity contribution in [3.05, 3.63) is 101 Å². The van der Waals surface area contributed by atoms with Gasteiger partial charge in [0.05, 0.1) is 22.3 Å². The number of hydrogen-bond acceptors (Lipinski definition) is 8. The van der Waals surface area contributed by atoms with Gasteiger partial charge in [0.2, 0.25) is 0 Å². The quantitative estimate of drug-likeness (QED) is 0.174. The molecule has 0 fully saturated rings. The highest BCUT2D eigenvalue weighted by molar-refractivity contribution is 7.90. The van der Waals surface area contributed by atoms with Crippen LogP contribution in [0.4, 0.5) is 15.9 Å². The average Bonchev–Trinajstić information content (AvgIpc) is 3.42. The van der Waals surface area contributed by atoms with E-state index in [9.17, 15) is 12.8 Å². The van der Waals surface area contributed by atoms with Gasteiger partial charge < -0.3 is 19.8 Å². The molecule has 2 N–H and O–H groups in total. The number of ether oxygens (including phenoxy) is 1. The summed E-state index contributed by atoms with van der Waals surface area (Å²) in [5.41, 5.74) is 2.95. The first-order valence-corrected chi connectivity index (χ1v) is 15.3. The molecule has 0 aliphatic heterocycles. The molecular weight excluding hydrogens is 567 g/mol. The average molecular weight is 595 g/mol. The van der Waals surface area contributed by atoms with Gasteiger partial charge in [0.15, 0.2) is 0 Å². The smallest absolute Gasteiger partial charge is 0.147 e. The van der Waals surface area contributed by atoms with Crippen molar-refractivity contribution in [3.8, 4) is 17.1 Å². The third-order valence-corrected chi connectivity index (χ3v) is 7.77. The molecule has 8 nitrogen and oxygen atoms in total. The molecule has 0 aliphatic rings. The zero-order chi connectivity index (χ0) is 29.0. The Morgan fingerprint density at radius 3 is 2.66 bits per heavy atom. The fraction of sp³-hybridized carbons (Fsp3) is 0.200. The maximum absolute atomic E-state index is 13.5. The minimum absolute atomic E-state index is 0.0566. The van der Waals surface area contributed by atoms with E-state index in [0.29, 0.717) is 45.8 Å². The molecular formula is C30H28ClFN4O4S. The number of furan rings is 1. The molecule has 5 rings (SSSR count). The molecule has 0 spiro atoms. The van der Waals surface area contributed by atoms with E-state index in [1.165, 1.54) is 24.7 Å². The molecule has 0 bridgehead atoms. The number of rotatable bonds is 11. The van der Waals surface area contributed by atoms with Crippen LogP contribution in [0.5, 0.6) is 5.75 Å². The highest BCUT2D eigenvalue weighted by Crippen LogP contribution is 2.33. The Kier molecular flexibility index (Phi) is 8.53. The zero-order valence-corrected chi connectivity index (χ0v) is 24.0. The van der Waals surface area contributed by atoms with E-state index in [1.54, 1.807) is 31.3 Å². The van der Waals surface area contributed by atoms with Crippen molar-refractivity contribution in [2.75, 3.05) is 24.4 Å². The minimum Gasteiger partial charge on any atom is -0.487 e. The summed E-state index contributed by atoms with van der Waals surface area (Å²) >= 11 is 6.48. The molecule has 11 heteroatoms. The van der Waals surface area contributed by atoms with Gasteiger partial charge in [-0.15, -0.1) is 0 Å². The second kappa shape index (κ2) is 12.3. The van der Waals surface area contributed by atoms with Crippen LogP contribution in [0, 0.1) is 5.82 Å². The van der Waals surface area contributed by atoms with Crippen LogP contribution in [-0.4, -0.2) is 37.4 Å². The molecule has 2 heterocycles. The van der Waals surface area contributed by atoms with Crippen molar-refractivity contribution in [3.63, 3.8) is 0 Å². The van der Waals surface area contributed by atoms with Gasteiger partial charge in [0.1, 0.15) is 51.7 Å². The lowest BCUT2D eigenvalue weighted by Crippen LogP contribution is -2.19. The van der Waals surface area contributed by atoms with E-state index in [2.05, 4.69) is 20.6 Å². The second-order valence-corrected chi connectivity index (χ2v) is 12.3. The summed E-state index contributed by atoms with van der Waals surface area (Å²) in [5, 5.41) is 7.59. The second-order valence-electron chi connectivity index (χ2n) is 9.60. The summed E-state index contributed by atoms with van der Waals surface area (Å²) in [4.78, 5) is 8.82. The third kappa shape index (κ3) is 7.21. The van der Waals surface area contributed by atoms with Crippen LogP contribution in [0.3, 0.4) is 0 Å². The van der Waals surface area contributed by atoms with Gasteiger partial charge in [-0.1, -0.05) is 23.7 Å². The first-order chi connectivity index (χ1) is 19.7. The summed E-state index contributed by atoms with van der Waals surface area (Å²) in [6.45, 7) is 0.185. The van der Waals surface area contributed by atoms with Crippen LogP contribution >= 0.6 is 11.6 Å². The van der Waals surface area contributed by atoms with Gasteiger partial charge in [-0.3, -0.25) is 0 Å². The number of sulfone groups is 1. The summed E-state index contributed by atoms with van der Waals surface area (Å²) < 4.78 is 48.6. The van der Waals surface area contributed by atoms with Gasteiger partial charge in [0.25, 0.3) is 0 Å². The Bertz CT molecular complexity index is 1790. The van der Waals surface area contributed by atoms with Gasteiger partial charge in [-0.2, -0.15) is 0 Å². The van der Waals surface area contributed by atoms with Crippen molar-refractivity contribution < 1.29 is 22.0 Å². The summed E-state index contributed by atoms with van der Waals surface area (Å²) in [7, 11) is -1.32. The van der Waals surface area contributed by atoms with Crippen LogP contribution in [-0.2, 0) is 16.4 Å². The third-order valence-electron chi connectivity index (χ3n) is 6.49. The Balaban J connectivity index is 1.34. The van der Waals surface area contributed by atoms with Crippen LogP contribution in [0.1, 0.15) is 23.8 Å². The Morgan fingerprint density at radius 2 is 1.90 bits per heavy atom. The van der Waals surface area contributed by atoms with Crippen LogP contribution in [0.25, 0.3) is 22.2 Å². The zero-order valence-electron chi connectivity index (χ0n) is 22.4. The van der Waals surface area contributed by atoms with Crippen molar-refractivity contribution in [1.82, 2.24) is 15.3 Å². The molecule has 1 atom stereocenters. The standard InChI is InChI=1S/C30H28ClFN4O4S/c1-33-26(12-13-41(2,37)38)29-11-10-27(40-29)20-6-8-25-23(15-20)30(35-18-34-25)36-22-7-9-28(24(31)16-22)39-17-19-4-3-5-21(32)14-19/h3-11,14-16,18,26,33H,12-13,17H2,1-2H3,(H,34,35,36). The molecule has 5 aromatic rings. The van der Waals surface area contributed by atoms with E-state index in [1.807, 2.05) is 36.4 Å². The topological polar surface area (TPSA) is 106 Å². The van der Waals surface area contributed by atoms with Gasteiger partial charge in [0, 0.05) is 22.9 Å². The molecule has 0 aliphatic carbocycles. The molecule has 0 radical (unpaired) electrons. The normalized spacial score (nSPS) is 12.4. The Hall–Kier alpha value is -3.99. The number of nitrogens with zero attached hydrogens (tertiary/aromatic N) is 2. The SMILES string of the molecule is CNC(CCS(C)(=O)=O)c1ccc(-c2ccc3ncnc(Nc4ccc(OCc5cccc(F)c5)c(Cl)c4)c3c2)o1. The lowest BCUT2D eigenvalue weighted by molar-refractivity contribution is 0.306. The first kappa shape index (κ1) is 28.5. The fourth-order valence-electron chi connectivity index (χ4n) is 4.39. The first-order valence-electron chi connectivity index (χ1n) is 12.8. The summed E-state index contributed by atoms with van der Waals surface area (Å²) in [6.07, 6.45) is 3.10. The lowest BCUT2D eigenvalue weighted by atomic mass is 10.1. The molecule has 0 amide bonds. The molecule has 3 aromatic carbocycles. The number of halogens is 2. The number of nitrogens with one attached hydrogen (secondary N) is 2. The van der Waals surface area contributed by atoms with Crippen LogP contribution < -0.4 is 15.4 Å². The highest BCUT2D eigenvalue weighted by Gasteiger charge is 2.18. The largest absolute Gasteiger partial charge is 0.487 e. The van der Waals surface area contributed by atoms with E-state index in [4.69, 9.17) is 20.8 Å². The molecule has 0 saturated heterocycles. The van der Waals surface area contributed by atoms with Gasteiger partial charge in [-0.05, 0) is 79.7 Å². The Labute approximate surface area is 242 Å². The summed E-state index contributed by atoms with van der Waals surface area (Å²) in [6, 6.07) is 20.7. The lowest BCUT2D eigenvalue weighted by Gasteiger charge is -2.13. The van der Waals surface area contributed by atoms with Crippen molar-refractivity contribution in [2.45, 2.75) is 19.1 Å². The molecule has 212 valence electrons. The van der Waals surface area contributed by atoms with Gasteiger partial charge >= 0.3 is 0 Å². The molecule has 1 unspecified atom stereocenters. The van der Waals surface area contributed by atoms with Crippen LogP contribution in [0.2, 0.25) is 5.02 Å². The highest BCUT2D eigenvalue weighted by atomic mass is 35.5. The van der Waals surface area contributed by atoms with Crippen LogP contribution in [0.15, 0.2) is 83.5 Å². The minimum atomic E-state index is -3.09. The molecule has 41 heavy (non-hydrogen) atoms.